The SMILES string of the molecule is C[Si](C)(C)CCOCn1ccc2c(-c3cn(C(CC#N)C4CCCC4)nc3NCCC(=O)O)ncnc21. The number of aromatic nitrogens is 5. The van der Waals surface area contributed by atoms with Gasteiger partial charge < -0.3 is 19.7 Å². The summed E-state index contributed by atoms with van der Waals surface area (Å²) >= 11 is 0. The average molecular weight is 524 g/mol. The van der Waals surface area contributed by atoms with Crippen LogP contribution in [0.5, 0.6) is 0 Å². The minimum Gasteiger partial charge on any atom is -0.481 e. The van der Waals surface area contributed by atoms with E-state index >= 15 is 0 Å². The normalized spacial score (nSPS) is 15.2. The number of hydrogen-bond donors (Lipinski definition) is 2. The highest BCUT2D eigenvalue weighted by molar-refractivity contribution is 6.76. The maximum atomic E-state index is 11.1. The fourth-order valence-electron chi connectivity index (χ4n) is 4.93. The number of ether oxygens (including phenoxy) is 1. The number of hydrogen-bond acceptors (Lipinski definition) is 7. The highest BCUT2D eigenvalue weighted by atomic mass is 28.3. The van der Waals surface area contributed by atoms with E-state index in [0.717, 1.165) is 47.8 Å². The second-order valence-electron chi connectivity index (χ2n) is 11.0. The zero-order chi connectivity index (χ0) is 26.4. The quantitative estimate of drug-likeness (QED) is 0.233. The number of fused-ring (bicyclic) bond motifs is 1. The predicted octanol–water partition coefficient (Wildman–Crippen LogP) is 5.14. The first-order valence-corrected chi connectivity index (χ1v) is 16.8. The molecular formula is C26H37N7O3Si. The van der Waals surface area contributed by atoms with Gasteiger partial charge >= 0.3 is 5.97 Å². The Balaban J connectivity index is 1.65. The molecule has 0 aliphatic heterocycles. The summed E-state index contributed by atoms with van der Waals surface area (Å²) in [6, 6.07) is 5.39. The predicted molar refractivity (Wildman–Crippen MR) is 145 cm³/mol. The number of carboxylic acid groups (broad SMARTS) is 1. The van der Waals surface area contributed by atoms with E-state index in [1.807, 2.05) is 27.7 Å². The van der Waals surface area contributed by atoms with Crippen molar-refractivity contribution in [1.82, 2.24) is 24.3 Å². The highest BCUT2D eigenvalue weighted by Crippen LogP contribution is 2.38. The van der Waals surface area contributed by atoms with Gasteiger partial charge in [0.25, 0.3) is 0 Å². The van der Waals surface area contributed by atoms with Crippen molar-refractivity contribution in [2.75, 3.05) is 18.5 Å². The number of carboxylic acids is 1. The van der Waals surface area contributed by atoms with Gasteiger partial charge in [-0.3, -0.25) is 9.48 Å². The van der Waals surface area contributed by atoms with Crippen molar-refractivity contribution in [3.05, 3.63) is 24.8 Å². The molecule has 0 saturated heterocycles. The van der Waals surface area contributed by atoms with Gasteiger partial charge in [-0.1, -0.05) is 32.5 Å². The highest BCUT2D eigenvalue weighted by Gasteiger charge is 2.29. The molecule has 3 aromatic rings. The number of aliphatic carboxylic acids is 1. The lowest BCUT2D eigenvalue weighted by Crippen LogP contribution is -2.22. The average Bonchev–Trinajstić information content (AvgIpc) is 3.60. The molecule has 1 saturated carbocycles. The molecule has 37 heavy (non-hydrogen) atoms. The summed E-state index contributed by atoms with van der Waals surface area (Å²) in [5.74, 6) is 0.0952. The van der Waals surface area contributed by atoms with E-state index in [-0.39, 0.29) is 19.0 Å². The Morgan fingerprint density at radius 3 is 2.81 bits per heavy atom. The Labute approximate surface area is 218 Å². The largest absolute Gasteiger partial charge is 0.481 e. The van der Waals surface area contributed by atoms with Crippen molar-refractivity contribution < 1.29 is 14.6 Å². The van der Waals surface area contributed by atoms with Crippen LogP contribution in [0.4, 0.5) is 5.82 Å². The molecule has 198 valence electrons. The van der Waals surface area contributed by atoms with Crippen LogP contribution in [0.15, 0.2) is 24.8 Å². The first-order chi connectivity index (χ1) is 17.8. The second-order valence-corrected chi connectivity index (χ2v) is 16.6. The third kappa shape index (κ3) is 6.75. The van der Waals surface area contributed by atoms with Crippen LogP contribution in [0.3, 0.4) is 0 Å². The van der Waals surface area contributed by atoms with E-state index in [4.69, 9.17) is 14.9 Å². The van der Waals surface area contributed by atoms with Crippen LogP contribution in [-0.2, 0) is 16.3 Å². The van der Waals surface area contributed by atoms with E-state index in [2.05, 4.69) is 41.0 Å². The minimum atomic E-state index is -1.17. The molecule has 4 rings (SSSR count). The Kier molecular flexibility index (Phi) is 8.61. The molecule has 3 aromatic heterocycles. The first-order valence-electron chi connectivity index (χ1n) is 13.1. The van der Waals surface area contributed by atoms with E-state index in [9.17, 15) is 10.1 Å². The smallest absolute Gasteiger partial charge is 0.305 e. The van der Waals surface area contributed by atoms with Crippen molar-refractivity contribution in [1.29, 1.82) is 5.26 Å². The Bertz CT molecular complexity index is 1250. The van der Waals surface area contributed by atoms with Gasteiger partial charge in [-0.2, -0.15) is 10.4 Å². The fraction of sp³-hybridized carbons (Fsp3) is 0.577. The summed E-state index contributed by atoms with van der Waals surface area (Å²) in [7, 11) is -1.17. The van der Waals surface area contributed by atoms with Crippen molar-refractivity contribution in [2.24, 2.45) is 5.92 Å². The van der Waals surface area contributed by atoms with Gasteiger partial charge in [-0.05, 0) is 30.9 Å². The molecule has 11 heteroatoms. The molecule has 1 aliphatic carbocycles. The Hall–Kier alpha value is -3.23. The first kappa shape index (κ1) is 26.8. The molecule has 0 amide bonds. The molecule has 0 radical (unpaired) electrons. The molecule has 0 bridgehead atoms. The monoisotopic (exact) mass is 523 g/mol. The second kappa shape index (κ2) is 11.9. The molecule has 10 nitrogen and oxygen atoms in total. The van der Waals surface area contributed by atoms with Crippen molar-refractivity contribution in [3.8, 4) is 17.3 Å². The Morgan fingerprint density at radius 2 is 2.11 bits per heavy atom. The van der Waals surface area contributed by atoms with E-state index in [1.165, 1.54) is 12.8 Å². The number of anilines is 1. The lowest BCUT2D eigenvalue weighted by molar-refractivity contribution is -0.136. The zero-order valence-corrected chi connectivity index (χ0v) is 23.0. The molecule has 2 N–H and O–H groups in total. The summed E-state index contributed by atoms with van der Waals surface area (Å²) in [5.41, 5.74) is 2.26. The standard InChI is InChI=1S/C26H37N7O3Si/c1-37(2,3)15-14-36-18-32-13-10-20-24(29-17-30-26(20)32)21-16-33(31-25(21)28-12-9-23(34)35)22(8-11-27)19-6-4-5-7-19/h10,13,16-17,19,22H,4-9,12,14-15,18H2,1-3H3,(H,28,31)(H,34,35). The van der Waals surface area contributed by atoms with Crippen LogP contribution >= 0.6 is 0 Å². The molecule has 1 fully saturated rings. The molecule has 1 atom stereocenters. The number of nitrogens with zero attached hydrogens (tertiary/aromatic N) is 6. The summed E-state index contributed by atoms with van der Waals surface area (Å²) in [4.78, 5) is 20.2. The summed E-state index contributed by atoms with van der Waals surface area (Å²) in [6.07, 6.45) is 10.3. The maximum Gasteiger partial charge on any atom is 0.305 e. The van der Waals surface area contributed by atoms with Crippen LogP contribution < -0.4 is 5.32 Å². The topological polar surface area (TPSA) is 131 Å². The molecule has 3 heterocycles. The summed E-state index contributed by atoms with van der Waals surface area (Å²) in [5, 5.41) is 27.5. The van der Waals surface area contributed by atoms with Gasteiger partial charge in [-0.25, -0.2) is 9.97 Å². The summed E-state index contributed by atoms with van der Waals surface area (Å²) in [6.45, 7) is 8.37. The van der Waals surface area contributed by atoms with Gasteiger partial charge in [-0.15, -0.1) is 0 Å². The molecule has 1 aliphatic rings. The lowest BCUT2D eigenvalue weighted by Gasteiger charge is -2.21. The number of rotatable bonds is 13. The van der Waals surface area contributed by atoms with Crippen LogP contribution in [0, 0.1) is 17.2 Å². The molecule has 1 unspecified atom stereocenters. The molecular weight excluding hydrogens is 486 g/mol. The third-order valence-electron chi connectivity index (χ3n) is 6.99. The van der Waals surface area contributed by atoms with E-state index in [0.29, 0.717) is 24.9 Å². The fourth-order valence-corrected chi connectivity index (χ4v) is 5.69. The number of nitriles is 1. The van der Waals surface area contributed by atoms with Crippen molar-refractivity contribution >= 4 is 30.9 Å². The molecule has 0 spiro atoms. The lowest BCUT2D eigenvalue weighted by atomic mass is 9.96. The van der Waals surface area contributed by atoms with Gasteiger partial charge in [0.15, 0.2) is 5.82 Å². The van der Waals surface area contributed by atoms with Gasteiger partial charge in [0.2, 0.25) is 0 Å². The number of nitrogens with one attached hydrogen (secondary N) is 1. The van der Waals surface area contributed by atoms with Gasteiger partial charge in [0.05, 0.1) is 36.2 Å². The van der Waals surface area contributed by atoms with Crippen molar-refractivity contribution in [3.63, 3.8) is 0 Å². The van der Waals surface area contributed by atoms with Crippen LogP contribution in [0.1, 0.15) is 44.6 Å². The zero-order valence-electron chi connectivity index (χ0n) is 22.0. The van der Waals surface area contributed by atoms with Gasteiger partial charge in [0, 0.05) is 39.0 Å². The van der Waals surface area contributed by atoms with Gasteiger partial charge in [0.1, 0.15) is 18.7 Å². The van der Waals surface area contributed by atoms with E-state index < -0.39 is 14.0 Å². The Morgan fingerprint density at radius 1 is 1.32 bits per heavy atom. The van der Waals surface area contributed by atoms with Crippen LogP contribution in [-0.4, -0.2) is 56.6 Å². The van der Waals surface area contributed by atoms with Crippen LogP contribution in [0.25, 0.3) is 22.3 Å². The third-order valence-corrected chi connectivity index (χ3v) is 8.69. The minimum absolute atomic E-state index is 0.0250. The maximum absolute atomic E-state index is 11.1. The number of carbonyl (C=O) groups is 1. The molecule has 0 aromatic carbocycles. The van der Waals surface area contributed by atoms with Crippen LogP contribution in [0.2, 0.25) is 25.7 Å². The summed E-state index contributed by atoms with van der Waals surface area (Å²) < 4.78 is 9.82. The van der Waals surface area contributed by atoms with E-state index in [1.54, 1.807) is 6.33 Å². The van der Waals surface area contributed by atoms with Crippen molar-refractivity contribution in [2.45, 2.75) is 77.0 Å².